The van der Waals surface area contributed by atoms with Crippen LogP contribution < -0.4 is 5.32 Å². The van der Waals surface area contributed by atoms with E-state index < -0.39 is 6.17 Å². The van der Waals surface area contributed by atoms with E-state index in [-0.39, 0.29) is 17.4 Å². The van der Waals surface area contributed by atoms with Gasteiger partial charge in [0, 0.05) is 11.5 Å². The van der Waals surface area contributed by atoms with E-state index in [1.165, 1.54) is 19.3 Å². The van der Waals surface area contributed by atoms with Crippen molar-refractivity contribution in [2.45, 2.75) is 83.8 Å². The standard InChI is InChI=1S/C18H30FNO/c1-3-16(19)5-4-12(2)20-17(21)18-9-13-6-14(10-18)8-15(7-13)11-18/h12-16H,3-11H2,1-2H3,(H,20,21). The maximum Gasteiger partial charge on any atom is 0.226 e. The molecule has 4 saturated carbocycles. The highest BCUT2D eigenvalue weighted by Crippen LogP contribution is 2.60. The molecule has 4 rings (SSSR count). The molecule has 2 unspecified atom stereocenters. The van der Waals surface area contributed by atoms with Gasteiger partial charge in [0.05, 0.1) is 6.17 Å². The summed E-state index contributed by atoms with van der Waals surface area (Å²) in [6.45, 7) is 3.91. The number of alkyl halides is 1. The summed E-state index contributed by atoms with van der Waals surface area (Å²) in [6, 6.07) is 0.107. The van der Waals surface area contributed by atoms with E-state index in [9.17, 15) is 9.18 Å². The number of hydrogen-bond acceptors (Lipinski definition) is 1. The zero-order valence-electron chi connectivity index (χ0n) is 13.5. The Morgan fingerprint density at radius 1 is 1.14 bits per heavy atom. The Hall–Kier alpha value is -0.600. The summed E-state index contributed by atoms with van der Waals surface area (Å²) in [5, 5.41) is 3.21. The third-order valence-corrected chi connectivity index (χ3v) is 6.25. The van der Waals surface area contributed by atoms with Gasteiger partial charge in [0.2, 0.25) is 5.91 Å². The lowest BCUT2D eigenvalue weighted by Crippen LogP contribution is -2.54. The van der Waals surface area contributed by atoms with E-state index in [4.69, 9.17) is 0 Å². The van der Waals surface area contributed by atoms with Gasteiger partial charge in [-0.2, -0.15) is 0 Å². The highest BCUT2D eigenvalue weighted by atomic mass is 19.1. The van der Waals surface area contributed by atoms with Crippen molar-refractivity contribution in [1.82, 2.24) is 5.32 Å². The second kappa shape index (κ2) is 5.89. The number of carbonyl (C=O) groups excluding carboxylic acids is 1. The van der Waals surface area contributed by atoms with Crippen molar-refractivity contribution in [2.24, 2.45) is 23.2 Å². The molecular weight excluding hydrogens is 265 g/mol. The van der Waals surface area contributed by atoms with Gasteiger partial charge in [-0.3, -0.25) is 4.79 Å². The zero-order chi connectivity index (χ0) is 15.0. The highest BCUT2D eigenvalue weighted by molar-refractivity contribution is 5.83. The molecule has 0 aliphatic heterocycles. The van der Waals surface area contributed by atoms with Crippen molar-refractivity contribution < 1.29 is 9.18 Å². The van der Waals surface area contributed by atoms with E-state index in [0.717, 1.165) is 43.4 Å². The molecule has 0 saturated heterocycles. The summed E-state index contributed by atoms with van der Waals surface area (Å²) in [5.74, 6) is 2.67. The number of rotatable bonds is 6. The van der Waals surface area contributed by atoms with E-state index in [1.54, 1.807) is 0 Å². The lowest BCUT2D eigenvalue weighted by Gasteiger charge is -2.55. The fourth-order valence-electron chi connectivity index (χ4n) is 5.47. The van der Waals surface area contributed by atoms with Crippen molar-refractivity contribution in [2.75, 3.05) is 0 Å². The van der Waals surface area contributed by atoms with Crippen LogP contribution in [0.25, 0.3) is 0 Å². The molecule has 2 atom stereocenters. The van der Waals surface area contributed by atoms with Gasteiger partial charge in [-0.05, 0) is 82.5 Å². The first kappa shape index (κ1) is 15.3. The number of halogens is 1. The Morgan fingerprint density at radius 3 is 2.14 bits per heavy atom. The largest absolute Gasteiger partial charge is 0.353 e. The number of nitrogens with one attached hydrogen (secondary N) is 1. The first-order chi connectivity index (χ1) is 10.0. The number of amides is 1. The van der Waals surface area contributed by atoms with Crippen LogP contribution in [0.3, 0.4) is 0 Å². The van der Waals surface area contributed by atoms with Gasteiger partial charge < -0.3 is 5.32 Å². The first-order valence-corrected chi connectivity index (χ1v) is 8.96. The van der Waals surface area contributed by atoms with Gasteiger partial charge in [0.25, 0.3) is 0 Å². The maximum absolute atomic E-state index is 13.3. The summed E-state index contributed by atoms with van der Waals surface area (Å²) < 4.78 is 13.3. The van der Waals surface area contributed by atoms with Crippen LogP contribution in [0.2, 0.25) is 0 Å². The summed E-state index contributed by atoms with van der Waals surface area (Å²) in [5.41, 5.74) is -0.0666. The Labute approximate surface area is 128 Å². The van der Waals surface area contributed by atoms with Crippen LogP contribution in [-0.4, -0.2) is 18.1 Å². The second-order valence-corrected chi connectivity index (χ2v) is 8.16. The van der Waals surface area contributed by atoms with Crippen LogP contribution in [0.15, 0.2) is 0 Å². The normalized spacial score (nSPS) is 40.0. The molecule has 0 heterocycles. The lowest BCUT2D eigenvalue weighted by atomic mass is 9.49. The summed E-state index contributed by atoms with van der Waals surface area (Å²) in [6.07, 6.45) is 8.60. The molecule has 0 aromatic rings. The highest BCUT2D eigenvalue weighted by Gasteiger charge is 2.54. The van der Waals surface area contributed by atoms with Crippen LogP contribution in [0.1, 0.15) is 71.6 Å². The molecule has 2 nitrogen and oxygen atoms in total. The number of carbonyl (C=O) groups is 1. The minimum Gasteiger partial charge on any atom is -0.353 e. The molecule has 3 heteroatoms. The summed E-state index contributed by atoms with van der Waals surface area (Å²) in [7, 11) is 0. The van der Waals surface area contributed by atoms with Gasteiger partial charge >= 0.3 is 0 Å². The van der Waals surface area contributed by atoms with Crippen LogP contribution >= 0.6 is 0 Å². The Kier molecular flexibility index (Phi) is 4.29. The quantitative estimate of drug-likeness (QED) is 0.780. The minimum absolute atomic E-state index is 0.0666. The Balaban J connectivity index is 1.55. The van der Waals surface area contributed by atoms with Gasteiger partial charge in [-0.25, -0.2) is 4.39 Å². The van der Waals surface area contributed by atoms with Crippen LogP contribution in [0.5, 0.6) is 0 Å². The lowest BCUT2D eigenvalue weighted by molar-refractivity contribution is -0.147. The Bertz CT molecular complexity index is 359. The number of hydrogen-bond donors (Lipinski definition) is 1. The van der Waals surface area contributed by atoms with Gasteiger partial charge in [-0.1, -0.05) is 6.92 Å². The molecule has 4 fully saturated rings. The predicted octanol–water partition coefficient (Wildman–Crippen LogP) is 4.24. The van der Waals surface area contributed by atoms with E-state index in [1.807, 2.05) is 13.8 Å². The maximum atomic E-state index is 13.3. The summed E-state index contributed by atoms with van der Waals surface area (Å²) >= 11 is 0. The topological polar surface area (TPSA) is 29.1 Å². The monoisotopic (exact) mass is 295 g/mol. The van der Waals surface area contributed by atoms with Crippen molar-refractivity contribution >= 4 is 5.91 Å². The molecule has 120 valence electrons. The molecule has 4 aliphatic rings. The van der Waals surface area contributed by atoms with Crippen LogP contribution in [0, 0.1) is 23.2 Å². The van der Waals surface area contributed by atoms with E-state index in [0.29, 0.717) is 12.8 Å². The predicted molar refractivity (Wildman–Crippen MR) is 82.6 cm³/mol. The molecule has 1 N–H and O–H groups in total. The average molecular weight is 295 g/mol. The van der Waals surface area contributed by atoms with E-state index in [2.05, 4.69) is 5.32 Å². The fraction of sp³-hybridized carbons (Fsp3) is 0.944. The zero-order valence-corrected chi connectivity index (χ0v) is 13.5. The van der Waals surface area contributed by atoms with Crippen molar-refractivity contribution in [3.05, 3.63) is 0 Å². The minimum atomic E-state index is -0.719. The van der Waals surface area contributed by atoms with Gasteiger partial charge in [0.1, 0.15) is 0 Å². The van der Waals surface area contributed by atoms with E-state index >= 15 is 0 Å². The molecule has 0 radical (unpaired) electrons. The smallest absolute Gasteiger partial charge is 0.226 e. The van der Waals surface area contributed by atoms with Crippen molar-refractivity contribution in [3.63, 3.8) is 0 Å². The molecule has 0 aromatic carbocycles. The molecule has 0 spiro atoms. The molecule has 21 heavy (non-hydrogen) atoms. The Morgan fingerprint density at radius 2 is 1.67 bits per heavy atom. The summed E-state index contributed by atoms with van der Waals surface area (Å²) in [4.78, 5) is 12.8. The molecule has 4 bridgehead atoms. The molecule has 1 amide bonds. The molecule has 0 aromatic heterocycles. The van der Waals surface area contributed by atoms with Crippen LogP contribution in [0.4, 0.5) is 4.39 Å². The van der Waals surface area contributed by atoms with Gasteiger partial charge in [0.15, 0.2) is 0 Å². The third-order valence-electron chi connectivity index (χ3n) is 6.25. The second-order valence-electron chi connectivity index (χ2n) is 8.16. The molecule has 4 aliphatic carbocycles. The fourth-order valence-corrected chi connectivity index (χ4v) is 5.47. The molecular formula is C18H30FNO. The van der Waals surface area contributed by atoms with Gasteiger partial charge in [-0.15, -0.1) is 0 Å². The first-order valence-electron chi connectivity index (χ1n) is 8.96. The van der Waals surface area contributed by atoms with Crippen molar-refractivity contribution in [3.8, 4) is 0 Å². The third kappa shape index (κ3) is 3.12. The van der Waals surface area contributed by atoms with Crippen LogP contribution in [-0.2, 0) is 4.79 Å². The van der Waals surface area contributed by atoms with Crippen molar-refractivity contribution in [1.29, 1.82) is 0 Å². The SMILES string of the molecule is CCC(F)CCC(C)NC(=O)C12CC3CC(CC(C3)C1)C2. The average Bonchev–Trinajstić information content (AvgIpc) is 2.43.